The second-order valence-corrected chi connectivity index (χ2v) is 13.3. The standard InChI is InChI=1S/C12H21GeN/c1-4-8-13(9-5-2,10-6-3)11-7-12-14/h4-7,12H,1-3,8-11,14H2. The first-order valence-electron chi connectivity index (χ1n) is 4.94. The summed E-state index contributed by atoms with van der Waals surface area (Å²) < 4.78 is 0. The van der Waals surface area contributed by atoms with Crippen molar-refractivity contribution in [3.8, 4) is 0 Å². The molecule has 0 aliphatic heterocycles. The van der Waals surface area contributed by atoms with Crippen LogP contribution in [0.15, 0.2) is 50.2 Å². The Morgan fingerprint density at radius 3 is 1.57 bits per heavy atom. The quantitative estimate of drug-likeness (QED) is 0.519. The molecule has 0 radical (unpaired) electrons. The summed E-state index contributed by atoms with van der Waals surface area (Å²) in [4.78, 5) is 0. The Morgan fingerprint density at radius 2 is 1.29 bits per heavy atom. The van der Waals surface area contributed by atoms with Gasteiger partial charge in [-0.25, -0.2) is 0 Å². The average Bonchev–Trinajstić information content (AvgIpc) is 2.16. The molecular formula is C12H21GeN. The van der Waals surface area contributed by atoms with Gasteiger partial charge < -0.3 is 0 Å². The third-order valence-electron chi connectivity index (χ3n) is 2.42. The summed E-state index contributed by atoms with van der Waals surface area (Å²) >= 11 is -1.87. The van der Waals surface area contributed by atoms with E-state index < -0.39 is 13.3 Å². The fourth-order valence-corrected chi connectivity index (χ4v) is 9.02. The summed E-state index contributed by atoms with van der Waals surface area (Å²) in [5.41, 5.74) is 5.40. The van der Waals surface area contributed by atoms with Crippen molar-refractivity contribution >= 4 is 13.3 Å². The topological polar surface area (TPSA) is 26.0 Å². The fourth-order valence-electron chi connectivity index (χ4n) is 1.74. The molecule has 0 aromatic rings. The zero-order valence-electron chi connectivity index (χ0n) is 8.91. The van der Waals surface area contributed by atoms with E-state index in [9.17, 15) is 0 Å². The molecule has 2 heteroatoms. The maximum absolute atomic E-state index is 5.40. The molecule has 78 valence electrons. The van der Waals surface area contributed by atoms with Crippen LogP contribution in [0.5, 0.6) is 0 Å². The molecule has 0 bridgehead atoms. The molecule has 0 heterocycles. The molecule has 0 unspecified atom stereocenters. The Hall–Kier alpha value is -0.697. The molecule has 1 nitrogen and oxygen atoms in total. The Labute approximate surface area is 90.4 Å². The normalized spacial score (nSPS) is 11.4. The second-order valence-electron chi connectivity index (χ2n) is 3.61. The van der Waals surface area contributed by atoms with E-state index in [4.69, 9.17) is 5.73 Å². The van der Waals surface area contributed by atoms with E-state index in [-0.39, 0.29) is 0 Å². The van der Waals surface area contributed by atoms with Crippen LogP contribution >= 0.6 is 0 Å². The van der Waals surface area contributed by atoms with Gasteiger partial charge in [-0.15, -0.1) is 0 Å². The van der Waals surface area contributed by atoms with Gasteiger partial charge in [0.15, 0.2) is 0 Å². The van der Waals surface area contributed by atoms with E-state index >= 15 is 0 Å². The summed E-state index contributed by atoms with van der Waals surface area (Å²) in [6.07, 6.45) is 9.85. The van der Waals surface area contributed by atoms with Gasteiger partial charge in [0.1, 0.15) is 0 Å². The van der Waals surface area contributed by atoms with Gasteiger partial charge in [0, 0.05) is 0 Å². The van der Waals surface area contributed by atoms with Gasteiger partial charge in [-0.3, -0.25) is 0 Å². The van der Waals surface area contributed by atoms with Gasteiger partial charge in [0.2, 0.25) is 0 Å². The van der Waals surface area contributed by atoms with Crippen molar-refractivity contribution in [2.24, 2.45) is 5.73 Å². The predicted octanol–water partition coefficient (Wildman–Crippen LogP) is 3.47. The van der Waals surface area contributed by atoms with Crippen molar-refractivity contribution in [3.05, 3.63) is 50.2 Å². The van der Waals surface area contributed by atoms with Crippen molar-refractivity contribution in [1.29, 1.82) is 0 Å². The Balaban J connectivity index is 4.59. The molecule has 14 heavy (non-hydrogen) atoms. The van der Waals surface area contributed by atoms with Crippen LogP contribution in [-0.2, 0) is 0 Å². The molecule has 2 N–H and O–H groups in total. The molecule has 0 saturated heterocycles. The minimum atomic E-state index is -1.87. The minimum absolute atomic E-state index is 1.14. The second kappa shape index (κ2) is 7.68. The molecule has 0 aromatic heterocycles. The van der Waals surface area contributed by atoms with Crippen LogP contribution < -0.4 is 5.73 Å². The van der Waals surface area contributed by atoms with E-state index in [1.807, 2.05) is 18.2 Å². The summed E-state index contributed by atoms with van der Waals surface area (Å²) in [5.74, 6) is 0. The molecule has 0 rings (SSSR count). The van der Waals surface area contributed by atoms with Crippen molar-refractivity contribution in [3.63, 3.8) is 0 Å². The van der Waals surface area contributed by atoms with Crippen LogP contribution in [0, 0.1) is 0 Å². The van der Waals surface area contributed by atoms with Gasteiger partial charge in [-0.1, -0.05) is 0 Å². The maximum atomic E-state index is 5.40. The molecule has 0 aliphatic carbocycles. The fraction of sp³-hybridized carbons (Fsp3) is 0.333. The van der Waals surface area contributed by atoms with E-state index in [2.05, 4.69) is 25.8 Å². The molecule has 0 saturated carbocycles. The Morgan fingerprint density at radius 1 is 0.857 bits per heavy atom. The van der Waals surface area contributed by atoms with E-state index in [0.29, 0.717) is 0 Å². The van der Waals surface area contributed by atoms with Gasteiger partial charge >= 0.3 is 90.3 Å². The third-order valence-corrected chi connectivity index (χ3v) is 12.0. The van der Waals surface area contributed by atoms with Crippen LogP contribution in [0.25, 0.3) is 0 Å². The first-order chi connectivity index (χ1) is 6.74. The van der Waals surface area contributed by atoms with Crippen LogP contribution in [0.2, 0.25) is 21.0 Å². The molecule has 0 spiro atoms. The van der Waals surface area contributed by atoms with Crippen LogP contribution in [-0.4, -0.2) is 13.3 Å². The molecule has 0 aliphatic rings. The number of allylic oxidation sites excluding steroid dienone is 4. The molecule has 0 atom stereocenters. The van der Waals surface area contributed by atoms with E-state index in [0.717, 1.165) is 21.0 Å². The summed E-state index contributed by atoms with van der Waals surface area (Å²) in [7, 11) is 0. The van der Waals surface area contributed by atoms with Crippen LogP contribution in [0.3, 0.4) is 0 Å². The van der Waals surface area contributed by atoms with E-state index in [1.165, 1.54) is 0 Å². The Kier molecular flexibility index (Phi) is 7.30. The SMILES string of the molecule is C=C[CH2][Ge]([CH2]C=C)([CH2]C=C)[CH2]C=CN. The first-order valence-corrected chi connectivity index (χ1v) is 10.9. The van der Waals surface area contributed by atoms with E-state index in [1.54, 1.807) is 6.20 Å². The molecule has 0 aromatic carbocycles. The van der Waals surface area contributed by atoms with Gasteiger partial charge in [-0.2, -0.15) is 0 Å². The van der Waals surface area contributed by atoms with Crippen LogP contribution in [0.4, 0.5) is 0 Å². The van der Waals surface area contributed by atoms with Crippen molar-refractivity contribution in [2.75, 3.05) is 0 Å². The first kappa shape index (κ1) is 13.3. The van der Waals surface area contributed by atoms with Gasteiger partial charge in [0.25, 0.3) is 0 Å². The van der Waals surface area contributed by atoms with Crippen molar-refractivity contribution in [1.82, 2.24) is 0 Å². The monoisotopic (exact) mass is 253 g/mol. The zero-order valence-corrected chi connectivity index (χ0v) is 11.0. The van der Waals surface area contributed by atoms with Gasteiger partial charge in [0.05, 0.1) is 0 Å². The molecule has 0 amide bonds. The molecular weight excluding hydrogens is 231 g/mol. The number of hydrogen-bond donors (Lipinski definition) is 1. The van der Waals surface area contributed by atoms with Crippen molar-refractivity contribution < 1.29 is 0 Å². The summed E-state index contributed by atoms with van der Waals surface area (Å²) in [6.45, 7) is 11.5. The van der Waals surface area contributed by atoms with Crippen molar-refractivity contribution in [2.45, 2.75) is 21.0 Å². The Bertz CT molecular complexity index is 192. The predicted molar refractivity (Wildman–Crippen MR) is 68.9 cm³/mol. The summed E-state index contributed by atoms with van der Waals surface area (Å²) in [5, 5.41) is 4.60. The third kappa shape index (κ3) is 4.51. The number of hydrogen-bond acceptors (Lipinski definition) is 1. The number of rotatable bonds is 8. The average molecular weight is 252 g/mol. The van der Waals surface area contributed by atoms with Crippen LogP contribution in [0.1, 0.15) is 0 Å². The van der Waals surface area contributed by atoms with Gasteiger partial charge in [-0.05, 0) is 0 Å². The number of nitrogens with two attached hydrogens (primary N) is 1. The summed E-state index contributed by atoms with van der Waals surface area (Å²) in [6, 6.07) is 0. The zero-order chi connectivity index (χ0) is 10.9. The molecule has 0 fully saturated rings.